The average molecular weight is 647 g/mol. The first-order valence-corrected chi connectivity index (χ1v) is 15.3. The van der Waals surface area contributed by atoms with Crippen LogP contribution in [0.1, 0.15) is 19.4 Å². The molecule has 0 spiro atoms. The fraction of sp³-hybridized carbons (Fsp3) is 0.452. The van der Waals surface area contributed by atoms with E-state index in [1.807, 2.05) is 54.9 Å². The Morgan fingerprint density at radius 1 is 1.11 bits per heavy atom. The Bertz CT molecular complexity index is 1420. The highest BCUT2D eigenvalue weighted by atomic mass is 35.5. The minimum atomic E-state index is -1.12. The summed E-state index contributed by atoms with van der Waals surface area (Å²) in [5.74, 6) is -0.933. The molecule has 2 fully saturated rings. The normalized spacial score (nSPS) is 20.9. The predicted molar refractivity (Wildman–Crippen MR) is 166 cm³/mol. The molecular formula is C31H37Cl2N5O6. The Hall–Kier alpha value is -3.51. The molecule has 1 N–H and O–H groups in total. The summed E-state index contributed by atoms with van der Waals surface area (Å²) < 4.78 is 25.5. The summed E-state index contributed by atoms with van der Waals surface area (Å²) in [6.45, 7) is 7.10. The smallest absolute Gasteiger partial charge is 0.328 e. The number of anilines is 1. The van der Waals surface area contributed by atoms with E-state index in [9.17, 15) is 9.59 Å². The zero-order valence-corrected chi connectivity index (χ0v) is 26.5. The molecule has 0 saturated carbocycles. The summed E-state index contributed by atoms with van der Waals surface area (Å²) >= 11 is 12.7. The van der Waals surface area contributed by atoms with E-state index in [2.05, 4.69) is 15.2 Å². The number of ether oxygens (including phenoxy) is 4. The van der Waals surface area contributed by atoms with Crippen molar-refractivity contribution in [1.29, 1.82) is 0 Å². The number of methoxy groups -OCH3 is 1. The van der Waals surface area contributed by atoms with Gasteiger partial charge < -0.3 is 38.6 Å². The topological polar surface area (TPSA) is 107 Å². The number of urea groups is 1. The van der Waals surface area contributed by atoms with Crippen molar-refractivity contribution in [1.82, 2.24) is 19.8 Å². The molecule has 44 heavy (non-hydrogen) atoms. The monoisotopic (exact) mass is 645 g/mol. The van der Waals surface area contributed by atoms with Gasteiger partial charge >= 0.3 is 12.0 Å². The molecule has 3 aromatic rings. The lowest BCUT2D eigenvalue weighted by Gasteiger charge is -2.36. The quantitative estimate of drug-likeness (QED) is 0.320. The number of esters is 1. The molecule has 2 aliphatic heterocycles. The van der Waals surface area contributed by atoms with Crippen molar-refractivity contribution in [3.8, 4) is 5.75 Å². The van der Waals surface area contributed by atoms with E-state index in [4.69, 9.17) is 42.1 Å². The van der Waals surface area contributed by atoms with Gasteiger partial charge in [0.15, 0.2) is 0 Å². The number of carbonyl (C=O) groups excluding carboxylic acids is 2. The van der Waals surface area contributed by atoms with E-state index >= 15 is 0 Å². The molecule has 3 atom stereocenters. The number of hydrogen-bond donors (Lipinski definition) is 1. The largest absolute Gasteiger partial charge is 0.491 e. The Labute approximate surface area is 266 Å². The van der Waals surface area contributed by atoms with Crippen LogP contribution < -0.4 is 15.0 Å². The molecule has 2 aliphatic rings. The maximum Gasteiger partial charge on any atom is 0.328 e. The summed E-state index contributed by atoms with van der Waals surface area (Å²) in [7, 11) is 1.32. The van der Waals surface area contributed by atoms with Gasteiger partial charge in [-0.2, -0.15) is 0 Å². The lowest BCUT2D eigenvalue weighted by molar-refractivity contribution is -0.189. The van der Waals surface area contributed by atoms with Gasteiger partial charge in [0.2, 0.25) is 5.79 Å². The number of carbonyl (C=O) groups is 2. The standard InChI is InChI=1S/C31H37Cl2N5O6/c1-21(2)28(29(39)41-3)35-30(40)38-14-12-37(13-15-38)23-5-7-24(8-6-23)42-17-25-18-43-31(44-25,19-36-11-10-34-20-36)26-9-4-22(32)16-27(26)33/h4-11,16,20-21,25,28H,12-15,17-19H2,1-3H3,(H,35,40)/t25-,28-,31-/m0/s1. The fourth-order valence-electron chi connectivity index (χ4n) is 5.33. The molecule has 236 valence electrons. The summed E-state index contributed by atoms with van der Waals surface area (Å²) in [5.41, 5.74) is 1.72. The molecule has 0 radical (unpaired) electrons. The van der Waals surface area contributed by atoms with Gasteiger partial charge in [0.25, 0.3) is 0 Å². The van der Waals surface area contributed by atoms with Crippen molar-refractivity contribution >= 4 is 40.9 Å². The maximum absolute atomic E-state index is 12.8. The average Bonchev–Trinajstić information content (AvgIpc) is 3.69. The molecule has 11 nitrogen and oxygen atoms in total. The number of benzene rings is 2. The van der Waals surface area contributed by atoms with E-state index in [1.165, 1.54) is 7.11 Å². The van der Waals surface area contributed by atoms with Crippen LogP contribution in [0, 0.1) is 5.92 Å². The number of piperazine rings is 1. The number of hydrogen-bond acceptors (Lipinski definition) is 8. The number of nitrogens with one attached hydrogen (secondary N) is 1. The highest BCUT2D eigenvalue weighted by Crippen LogP contribution is 2.40. The predicted octanol–water partition coefficient (Wildman–Crippen LogP) is 4.57. The summed E-state index contributed by atoms with van der Waals surface area (Å²) in [5, 5.41) is 3.79. The van der Waals surface area contributed by atoms with Gasteiger partial charge in [0.05, 0.1) is 31.6 Å². The number of halogens is 2. The van der Waals surface area contributed by atoms with Gasteiger partial charge in [-0.1, -0.05) is 43.1 Å². The minimum absolute atomic E-state index is 0.0759. The van der Waals surface area contributed by atoms with E-state index in [-0.39, 0.29) is 24.7 Å². The number of rotatable bonds is 10. The number of imidazole rings is 1. The van der Waals surface area contributed by atoms with Crippen molar-refractivity contribution in [2.75, 3.05) is 51.4 Å². The molecule has 2 amide bonds. The molecule has 0 unspecified atom stereocenters. The second kappa shape index (κ2) is 14.1. The second-order valence-electron chi connectivity index (χ2n) is 11.1. The number of aromatic nitrogens is 2. The lowest BCUT2D eigenvalue weighted by Crippen LogP contribution is -2.55. The van der Waals surface area contributed by atoms with Crippen LogP contribution in [-0.4, -0.2) is 85.1 Å². The second-order valence-corrected chi connectivity index (χ2v) is 12.0. The number of nitrogens with zero attached hydrogens (tertiary/aromatic N) is 4. The Morgan fingerprint density at radius 2 is 1.86 bits per heavy atom. The SMILES string of the molecule is COC(=O)[C@@H](NC(=O)N1CCN(c2ccc(OC[C@H]3CO[C@](Cn4ccnc4)(c4ccc(Cl)cc4Cl)O3)cc2)CC1)C(C)C. The summed E-state index contributed by atoms with van der Waals surface area (Å²) in [6.07, 6.45) is 4.90. The Morgan fingerprint density at radius 3 is 2.50 bits per heavy atom. The van der Waals surface area contributed by atoms with E-state index in [0.29, 0.717) is 60.7 Å². The Kier molecular flexibility index (Phi) is 10.2. The molecule has 3 heterocycles. The first kappa shape index (κ1) is 31.9. The summed E-state index contributed by atoms with van der Waals surface area (Å²) in [6, 6.07) is 12.2. The van der Waals surface area contributed by atoms with Gasteiger partial charge in [-0.3, -0.25) is 0 Å². The fourth-order valence-corrected chi connectivity index (χ4v) is 5.89. The minimum Gasteiger partial charge on any atom is -0.491 e. The van der Waals surface area contributed by atoms with Crippen LogP contribution in [0.5, 0.6) is 5.75 Å². The van der Waals surface area contributed by atoms with Gasteiger partial charge in [-0.05, 0) is 42.3 Å². The van der Waals surface area contributed by atoms with Crippen LogP contribution in [0.3, 0.4) is 0 Å². The molecule has 5 rings (SSSR count). The molecule has 1 aromatic heterocycles. The molecule has 2 aromatic carbocycles. The van der Waals surface area contributed by atoms with E-state index in [1.54, 1.807) is 29.6 Å². The Balaban J connectivity index is 1.14. The van der Waals surface area contributed by atoms with Crippen LogP contribution >= 0.6 is 23.2 Å². The molecule has 0 aliphatic carbocycles. The third kappa shape index (κ3) is 7.40. The zero-order chi connectivity index (χ0) is 31.3. The van der Waals surface area contributed by atoms with Crippen LogP contribution in [0.15, 0.2) is 61.2 Å². The molecular weight excluding hydrogens is 609 g/mol. The van der Waals surface area contributed by atoms with Crippen molar-refractivity contribution < 1.29 is 28.5 Å². The summed E-state index contributed by atoms with van der Waals surface area (Å²) in [4.78, 5) is 32.9. The zero-order valence-electron chi connectivity index (χ0n) is 24.9. The molecule has 13 heteroatoms. The lowest BCUT2D eigenvalue weighted by atomic mass is 10.1. The third-order valence-electron chi connectivity index (χ3n) is 7.76. The van der Waals surface area contributed by atoms with Crippen molar-refractivity contribution in [2.45, 2.75) is 38.3 Å². The van der Waals surface area contributed by atoms with Crippen LogP contribution in [0.25, 0.3) is 0 Å². The van der Waals surface area contributed by atoms with Gasteiger partial charge in [0.1, 0.15) is 24.5 Å². The molecule has 2 saturated heterocycles. The third-order valence-corrected chi connectivity index (χ3v) is 8.30. The highest BCUT2D eigenvalue weighted by Gasteiger charge is 2.45. The maximum atomic E-state index is 12.8. The first-order chi connectivity index (χ1) is 21.2. The van der Waals surface area contributed by atoms with Gasteiger partial charge in [-0.25, -0.2) is 14.6 Å². The van der Waals surface area contributed by atoms with Crippen molar-refractivity contribution in [2.24, 2.45) is 5.92 Å². The van der Waals surface area contributed by atoms with Crippen molar-refractivity contribution in [3.05, 3.63) is 76.8 Å². The van der Waals surface area contributed by atoms with Gasteiger partial charge in [-0.15, -0.1) is 0 Å². The molecule has 0 bridgehead atoms. The first-order valence-electron chi connectivity index (χ1n) is 14.5. The van der Waals surface area contributed by atoms with Gasteiger partial charge in [0, 0.05) is 54.8 Å². The van der Waals surface area contributed by atoms with E-state index in [0.717, 1.165) is 5.69 Å². The number of amides is 2. The van der Waals surface area contributed by atoms with Crippen LogP contribution in [-0.2, 0) is 31.3 Å². The van der Waals surface area contributed by atoms with E-state index < -0.39 is 17.8 Å². The van der Waals surface area contributed by atoms with Crippen molar-refractivity contribution in [3.63, 3.8) is 0 Å². The highest BCUT2D eigenvalue weighted by molar-refractivity contribution is 6.35. The van der Waals surface area contributed by atoms with Crippen LogP contribution in [0.2, 0.25) is 10.0 Å². The van der Waals surface area contributed by atoms with Crippen LogP contribution in [0.4, 0.5) is 10.5 Å².